The average molecular weight is 408 g/mol. The van der Waals surface area contributed by atoms with Crippen LogP contribution in [0.1, 0.15) is 11.1 Å². The molecule has 1 fully saturated rings. The monoisotopic (exact) mass is 408 g/mol. The number of carbonyl (C=O) groups excluding carboxylic acids is 1. The quantitative estimate of drug-likeness (QED) is 0.799. The van der Waals surface area contributed by atoms with Gasteiger partial charge in [-0.25, -0.2) is 0 Å². The van der Waals surface area contributed by atoms with E-state index in [1.165, 1.54) is 24.3 Å². The molecule has 1 N–H and O–H groups in total. The van der Waals surface area contributed by atoms with E-state index in [1.807, 2.05) is 35.2 Å². The Hall–Kier alpha value is -2.58. The summed E-state index contributed by atoms with van der Waals surface area (Å²) < 4.78 is 41.0. The van der Waals surface area contributed by atoms with Gasteiger partial charge in [0.25, 0.3) is 0 Å². The van der Waals surface area contributed by atoms with E-state index in [2.05, 4.69) is 4.74 Å². The van der Waals surface area contributed by atoms with Crippen LogP contribution in [0.3, 0.4) is 0 Å². The molecule has 0 unspecified atom stereocenters. The lowest BCUT2D eigenvalue weighted by atomic mass is 9.97. The van der Waals surface area contributed by atoms with E-state index in [9.17, 15) is 23.1 Å². The van der Waals surface area contributed by atoms with Crippen LogP contribution in [-0.2, 0) is 17.8 Å². The number of alkyl halides is 3. The first kappa shape index (κ1) is 21.1. The Balaban J connectivity index is 1.81. The van der Waals surface area contributed by atoms with Crippen LogP contribution in [0.25, 0.3) is 0 Å². The van der Waals surface area contributed by atoms with Crippen LogP contribution in [0.5, 0.6) is 5.75 Å². The predicted octanol–water partition coefficient (Wildman–Crippen LogP) is 2.83. The lowest BCUT2D eigenvalue weighted by Crippen LogP contribution is -2.62. The van der Waals surface area contributed by atoms with E-state index >= 15 is 0 Å². The molecule has 1 saturated heterocycles. The average Bonchev–Trinajstić information content (AvgIpc) is 2.68. The summed E-state index contributed by atoms with van der Waals surface area (Å²) >= 11 is 0. The maximum atomic E-state index is 12.9. The molecule has 0 spiro atoms. The number of rotatable bonds is 6. The molecule has 0 aliphatic carbocycles. The van der Waals surface area contributed by atoms with Crippen molar-refractivity contribution in [1.29, 1.82) is 0 Å². The van der Waals surface area contributed by atoms with Crippen LogP contribution in [0.15, 0.2) is 54.6 Å². The van der Waals surface area contributed by atoms with Crippen LogP contribution < -0.4 is 4.74 Å². The molecule has 0 radical (unpaired) electrons. The summed E-state index contributed by atoms with van der Waals surface area (Å²) in [4.78, 5) is 16.4. The molecule has 0 saturated carbocycles. The van der Waals surface area contributed by atoms with Gasteiger partial charge in [-0.05, 0) is 29.7 Å². The Morgan fingerprint density at radius 2 is 1.72 bits per heavy atom. The van der Waals surface area contributed by atoms with E-state index in [-0.39, 0.29) is 24.3 Å². The van der Waals surface area contributed by atoms with Crippen molar-refractivity contribution >= 4 is 5.91 Å². The first-order valence-corrected chi connectivity index (χ1v) is 9.27. The van der Waals surface area contributed by atoms with Gasteiger partial charge in [0, 0.05) is 20.1 Å². The maximum Gasteiger partial charge on any atom is 0.573 e. The van der Waals surface area contributed by atoms with Crippen molar-refractivity contribution in [3.63, 3.8) is 0 Å². The summed E-state index contributed by atoms with van der Waals surface area (Å²) in [6.45, 7) is 0.586. The molecule has 0 bridgehead atoms. The van der Waals surface area contributed by atoms with Gasteiger partial charge in [0.2, 0.25) is 5.91 Å². The number of halogens is 3. The lowest BCUT2D eigenvalue weighted by molar-refractivity contribution is -0.274. The summed E-state index contributed by atoms with van der Waals surface area (Å²) in [5, 5.41) is 9.87. The van der Waals surface area contributed by atoms with Gasteiger partial charge < -0.3 is 14.7 Å². The molecule has 8 heteroatoms. The molecule has 2 aromatic carbocycles. The van der Waals surface area contributed by atoms with E-state index in [4.69, 9.17) is 0 Å². The minimum Gasteiger partial charge on any atom is -0.406 e. The van der Waals surface area contributed by atoms with Crippen molar-refractivity contribution in [2.45, 2.75) is 31.4 Å². The minimum atomic E-state index is -4.74. The van der Waals surface area contributed by atoms with Gasteiger partial charge in [-0.2, -0.15) is 0 Å². The number of ether oxygens (including phenoxy) is 1. The third-order valence-corrected chi connectivity index (χ3v) is 5.02. The molecule has 5 nitrogen and oxygen atoms in total. The number of piperazine rings is 1. The standard InChI is InChI=1S/C21H23F3N2O3/c1-25-13-17(14-27)26(19(20(25)28)11-15-5-3-2-4-6-15)12-16-7-9-18(10-8-16)29-21(22,23)24/h2-10,17,19,27H,11-14H2,1H3/t17-,19+/m1/s1. The Kier molecular flexibility index (Phi) is 6.44. The number of hydrogen-bond acceptors (Lipinski definition) is 4. The molecule has 2 atom stereocenters. The third kappa shape index (κ3) is 5.48. The molecule has 1 heterocycles. The summed E-state index contributed by atoms with van der Waals surface area (Å²) in [7, 11) is 1.71. The van der Waals surface area contributed by atoms with Crippen LogP contribution in [0.4, 0.5) is 13.2 Å². The Morgan fingerprint density at radius 1 is 1.07 bits per heavy atom. The number of aliphatic hydroxyl groups excluding tert-OH is 1. The second kappa shape index (κ2) is 8.84. The smallest absolute Gasteiger partial charge is 0.406 e. The normalized spacial score (nSPS) is 20.7. The van der Waals surface area contributed by atoms with Crippen molar-refractivity contribution in [2.24, 2.45) is 0 Å². The molecule has 0 aromatic heterocycles. The fraction of sp³-hybridized carbons (Fsp3) is 0.381. The zero-order chi connectivity index (χ0) is 21.0. The minimum absolute atomic E-state index is 0.0458. The third-order valence-electron chi connectivity index (χ3n) is 5.02. The molecule has 1 aliphatic rings. The van der Waals surface area contributed by atoms with Crippen LogP contribution in [-0.4, -0.2) is 59.5 Å². The van der Waals surface area contributed by atoms with Gasteiger partial charge in [-0.15, -0.1) is 13.2 Å². The zero-order valence-electron chi connectivity index (χ0n) is 16.0. The van der Waals surface area contributed by atoms with Crippen molar-refractivity contribution in [3.05, 3.63) is 65.7 Å². The molecule has 2 aromatic rings. The van der Waals surface area contributed by atoms with E-state index in [0.717, 1.165) is 11.1 Å². The van der Waals surface area contributed by atoms with Crippen molar-refractivity contribution < 1.29 is 27.8 Å². The van der Waals surface area contributed by atoms with Crippen molar-refractivity contribution in [3.8, 4) is 5.75 Å². The second-order valence-electron chi connectivity index (χ2n) is 7.12. The molecule has 156 valence electrons. The second-order valence-corrected chi connectivity index (χ2v) is 7.12. The number of likely N-dealkylation sites (N-methyl/N-ethyl adjacent to an activating group) is 1. The van der Waals surface area contributed by atoms with E-state index in [0.29, 0.717) is 19.5 Å². The zero-order valence-corrected chi connectivity index (χ0v) is 16.0. The molecule has 1 amide bonds. The number of aliphatic hydroxyl groups is 1. The van der Waals surface area contributed by atoms with Gasteiger partial charge in [0.15, 0.2) is 0 Å². The molecular formula is C21H23F3N2O3. The first-order chi connectivity index (χ1) is 13.8. The number of carbonyl (C=O) groups is 1. The Labute approximate surface area is 167 Å². The van der Waals surface area contributed by atoms with Crippen LogP contribution in [0, 0.1) is 0 Å². The fourth-order valence-electron chi connectivity index (χ4n) is 3.61. The SMILES string of the molecule is CN1C[C@H](CO)N(Cc2ccc(OC(F)(F)F)cc2)[C@@H](Cc2ccccc2)C1=O. The molecular weight excluding hydrogens is 385 g/mol. The highest BCUT2D eigenvalue weighted by Gasteiger charge is 2.39. The molecule has 29 heavy (non-hydrogen) atoms. The summed E-state index contributed by atoms with van der Waals surface area (Å²) in [6, 6.07) is 14.4. The van der Waals surface area contributed by atoms with Crippen molar-refractivity contribution in [1.82, 2.24) is 9.80 Å². The maximum absolute atomic E-state index is 12.9. The van der Waals surface area contributed by atoms with E-state index < -0.39 is 12.4 Å². The molecule has 3 rings (SSSR count). The van der Waals surface area contributed by atoms with Crippen molar-refractivity contribution in [2.75, 3.05) is 20.2 Å². The summed E-state index contributed by atoms with van der Waals surface area (Å²) in [6.07, 6.45) is -4.26. The van der Waals surface area contributed by atoms with Gasteiger partial charge in [-0.3, -0.25) is 9.69 Å². The Bertz CT molecular complexity index is 812. The topological polar surface area (TPSA) is 53.0 Å². The summed E-state index contributed by atoms with van der Waals surface area (Å²) in [5.41, 5.74) is 1.73. The number of nitrogens with zero attached hydrogens (tertiary/aromatic N) is 2. The lowest BCUT2D eigenvalue weighted by Gasteiger charge is -2.44. The van der Waals surface area contributed by atoms with Gasteiger partial charge >= 0.3 is 6.36 Å². The Morgan fingerprint density at radius 3 is 2.31 bits per heavy atom. The van der Waals surface area contributed by atoms with E-state index in [1.54, 1.807) is 11.9 Å². The highest BCUT2D eigenvalue weighted by molar-refractivity contribution is 5.83. The van der Waals surface area contributed by atoms with Crippen LogP contribution >= 0.6 is 0 Å². The highest BCUT2D eigenvalue weighted by Crippen LogP contribution is 2.26. The number of hydrogen-bond donors (Lipinski definition) is 1. The largest absolute Gasteiger partial charge is 0.573 e. The molecule has 1 aliphatic heterocycles. The van der Waals surface area contributed by atoms with Gasteiger partial charge in [0.05, 0.1) is 18.7 Å². The van der Waals surface area contributed by atoms with Gasteiger partial charge in [-0.1, -0.05) is 42.5 Å². The highest BCUT2D eigenvalue weighted by atomic mass is 19.4. The number of benzene rings is 2. The van der Waals surface area contributed by atoms with Gasteiger partial charge in [0.1, 0.15) is 5.75 Å². The number of amides is 1. The summed E-state index contributed by atoms with van der Waals surface area (Å²) in [5.74, 6) is -0.342. The van der Waals surface area contributed by atoms with Crippen LogP contribution in [0.2, 0.25) is 0 Å². The first-order valence-electron chi connectivity index (χ1n) is 9.27. The predicted molar refractivity (Wildman–Crippen MR) is 101 cm³/mol. The fourth-order valence-corrected chi connectivity index (χ4v) is 3.61.